The number of nitrogens with one attached hydrogen (secondary N) is 2. The molecule has 1 aromatic rings. The van der Waals surface area contributed by atoms with Crippen molar-refractivity contribution >= 4 is 18.3 Å². The number of amides is 1. The molecule has 3 atom stereocenters. The van der Waals surface area contributed by atoms with Gasteiger partial charge in [-0.1, -0.05) is 31.0 Å². The van der Waals surface area contributed by atoms with E-state index in [4.69, 9.17) is 4.74 Å². The van der Waals surface area contributed by atoms with Gasteiger partial charge in [-0.05, 0) is 45.2 Å². The molecule has 1 aliphatic carbocycles. The maximum absolute atomic E-state index is 13.3. The second-order valence-electron chi connectivity index (χ2n) is 8.36. The SMILES string of the molecule is CC1(C)CC(NC(=O)[C@@]23CCCC[C@H]2CNC3)c2ccccc2O1.Cl. The summed E-state index contributed by atoms with van der Waals surface area (Å²) in [6, 6.07) is 8.15. The molecule has 1 aromatic carbocycles. The van der Waals surface area contributed by atoms with E-state index in [-0.39, 0.29) is 35.4 Å². The van der Waals surface area contributed by atoms with Crippen LogP contribution < -0.4 is 15.4 Å². The van der Waals surface area contributed by atoms with Gasteiger partial charge >= 0.3 is 0 Å². The zero-order chi connectivity index (χ0) is 16.8. The molecule has 0 spiro atoms. The van der Waals surface area contributed by atoms with E-state index in [0.717, 1.165) is 37.2 Å². The molecule has 0 aromatic heterocycles. The fourth-order valence-corrected chi connectivity index (χ4v) is 4.92. The van der Waals surface area contributed by atoms with E-state index in [9.17, 15) is 4.79 Å². The molecule has 2 heterocycles. The summed E-state index contributed by atoms with van der Waals surface area (Å²) in [5.41, 5.74) is 0.652. The second-order valence-corrected chi connectivity index (χ2v) is 8.36. The smallest absolute Gasteiger partial charge is 0.228 e. The van der Waals surface area contributed by atoms with Crippen molar-refractivity contribution in [3.05, 3.63) is 29.8 Å². The van der Waals surface area contributed by atoms with Gasteiger partial charge in [0, 0.05) is 18.5 Å². The number of hydrogen-bond acceptors (Lipinski definition) is 3. The van der Waals surface area contributed by atoms with Crippen LogP contribution in [0.15, 0.2) is 24.3 Å². The molecular formula is C20H29ClN2O2. The Morgan fingerprint density at radius 2 is 2.08 bits per heavy atom. The van der Waals surface area contributed by atoms with Gasteiger partial charge in [0.25, 0.3) is 0 Å². The third-order valence-corrected chi connectivity index (χ3v) is 6.17. The number of carbonyl (C=O) groups excluding carboxylic acids is 1. The Balaban J connectivity index is 0.00000182. The molecule has 138 valence electrons. The minimum absolute atomic E-state index is 0. The van der Waals surface area contributed by atoms with Gasteiger partial charge in [0.15, 0.2) is 0 Å². The Kier molecular flexibility index (Phi) is 5.04. The van der Waals surface area contributed by atoms with Gasteiger partial charge in [0.05, 0.1) is 11.5 Å². The lowest BCUT2D eigenvalue weighted by atomic mass is 9.67. The normalized spacial score (nSPS) is 32.6. The summed E-state index contributed by atoms with van der Waals surface area (Å²) < 4.78 is 6.10. The maximum atomic E-state index is 13.3. The average Bonchev–Trinajstić information content (AvgIpc) is 2.99. The highest BCUT2D eigenvalue weighted by Gasteiger charge is 2.50. The van der Waals surface area contributed by atoms with E-state index >= 15 is 0 Å². The summed E-state index contributed by atoms with van der Waals surface area (Å²) in [6.07, 6.45) is 5.43. The fraction of sp³-hybridized carbons (Fsp3) is 0.650. The van der Waals surface area contributed by atoms with E-state index in [1.54, 1.807) is 0 Å². The lowest BCUT2D eigenvalue weighted by molar-refractivity contribution is -0.135. The van der Waals surface area contributed by atoms with Crippen LogP contribution in [0.5, 0.6) is 5.75 Å². The minimum atomic E-state index is -0.260. The van der Waals surface area contributed by atoms with Gasteiger partial charge in [-0.25, -0.2) is 0 Å². The van der Waals surface area contributed by atoms with Gasteiger partial charge < -0.3 is 15.4 Å². The maximum Gasteiger partial charge on any atom is 0.228 e. The minimum Gasteiger partial charge on any atom is -0.487 e. The highest BCUT2D eigenvalue weighted by molar-refractivity contribution is 5.85. The fourth-order valence-electron chi connectivity index (χ4n) is 4.92. The lowest BCUT2D eigenvalue weighted by Crippen LogP contribution is -2.50. The van der Waals surface area contributed by atoms with E-state index in [1.807, 2.05) is 18.2 Å². The standard InChI is InChI=1S/C20H28N2O2.ClH/c1-19(2)11-16(15-8-3-4-9-17(15)24-19)22-18(23)20-10-6-5-7-14(20)12-21-13-20;/h3-4,8-9,14,16,21H,5-7,10-13H2,1-2H3,(H,22,23);1H/t14-,16?,20+;/m0./s1. The summed E-state index contributed by atoms with van der Waals surface area (Å²) in [4.78, 5) is 13.3. The van der Waals surface area contributed by atoms with Crippen molar-refractivity contribution in [3.8, 4) is 5.75 Å². The highest BCUT2D eigenvalue weighted by Crippen LogP contribution is 2.45. The molecule has 0 bridgehead atoms. The van der Waals surface area contributed by atoms with Crippen molar-refractivity contribution in [2.45, 2.75) is 57.6 Å². The molecule has 3 aliphatic rings. The van der Waals surface area contributed by atoms with Crippen LogP contribution in [0.1, 0.15) is 57.6 Å². The van der Waals surface area contributed by atoms with Gasteiger partial charge in [-0.15, -0.1) is 12.4 Å². The molecule has 2 N–H and O–H groups in total. The Bertz CT molecular complexity index is 648. The summed E-state index contributed by atoms with van der Waals surface area (Å²) in [7, 11) is 0. The van der Waals surface area contributed by atoms with Gasteiger partial charge in [0.2, 0.25) is 5.91 Å². The molecule has 5 heteroatoms. The van der Waals surface area contributed by atoms with E-state index in [1.165, 1.54) is 19.3 Å². The van der Waals surface area contributed by atoms with Crippen LogP contribution in [-0.2, 0) is 4.79 Å². The first-order valence-corrected chi connectivity index (χ1v) is 9.30. The van der Waals surface area contributed by atoms with Crippen molar-refractivity contribution in [3.63, 3.8) is 0 Å². The number of rotatable bonds is 2. The van der Waals surface area contributed by atoms with Crippen LogP contribution in [0.4, 0.5) is 0 Å². The van der Waals surface area contributed by atoms with Crippen LogP contribution in [0.3, 0.4) is 0 Å². The number of fused-ring (bicyclic) bond motifs is 2. The Morgan fingerprint density at radius 1 is 1.28 bits per heavy atom. The topological polar surface area (TPSA) is 50.4 Å². The van der Waals surface area contributed by atoms with Crippen molar-refractivity contribution in [2.75, 3.05) is 13.1 Å². The predicted molar refractivity (Wildman–Crippen MR) is 101 cm³/mol. The zero-order valence-corrected chi connectivity index (χ0v) is 16.0. The monoisotopic (exact) mass is 364 g/mol. The van der Waals surface area contributed by atoms with E-state index in [0.29, 0.717) is 5.92 Å². The van der Waals surface area contributed by atoms with Gasteiger partial charge in [-0.3, -0.25) is 4.79 Å². The van der Waals surface area contributed by atoms with Crippen LogP contribution in [0.2, 0.25) is 0 Å². The Morgan fingerprint density at radius 3 is 2.92 bits per heavy atom. The third-order valence-electron chi connectivity index (χ3n) is 6.17. The molecular weight excluding hydrogens is 336 g/mol. The molecule has 4 nitrogen and oxygen atoms in total. The molecule has 1 saturated carbocycles. The number of para-hydroxylation sites is 1. The second kappa shape index (κ2) is 6.81. The molecule has 2 aliphatic heterocycles. The number of benzene rings is 1. The van der Waals surface area contributed by atoms with Crippen molar-refractivity contribution in [2.24, 2.45) is 11.3 Å². The molecule has 0 radical (unpaired) electrons. The van der Waals surface area contributed by atoms with Gasteiger partial charge in [-0.2, -0.15) is 0 Å². The summed E-state index contributed by atoms with van der Waals surface area (Å²) in [6.45, 7) is 6.02. The van der Waals surface area contributed by atoms with Crippen molar-refractivity contribution in [1.82, 2.24) is 10.6 Å². The van der Waals surface area contributed by atoms with Crippen LogP contribution >= 0.6 is 12.4 Å². The molecule has 1 amide bonds. The van der Waals surface area contributed by atoms with Gasteiger partial charge in [0.1, 0.15) is 11.4 Å². The van der Waals surface area contributed by atoms with E-state index in [2.05, 4.69) is 30.5 Å². The van der Waals surface area contributed by atoms with Crippen molar-refractivity contribution < 1.29 is 9.53 Å². The molecule has 1 unspecified atom stereocenters. The van der Waals surface area contributed by atoms with Crippen LogP contribution in [0.25, 0.3) is 0 Å². The number of carbonyl (C=O) groups is 1. The molecule has 1 saturated heterocycles. The zero-order valence-electron chi connectivity index (χ0n) is 15.1. The predicted octanol–water partition coefficient (Wildman–Crippen LogP) is 3.61. The van der Waals surface area contributed by atoms with E-state index < -0.39 is 0 Å². The average molecular weight is 365 g/mol. The van der Waals surface area contributed by atoms with Crippen molar-refractivity contribution in [1.29, 1.82) is 0 Å². The highest BCUT2D eigenvalue weighted by atomic mass is 35.5. The number of halogens is 1. The summed E-state index contributed by atoms with van der Waals surface area (Å²) in [5.74, 6) is 1.64. The molecule has 2 fully saturated rings. The number of ether oxygens (including phenoxy) is 1. The first-order valence-electron chi connectivity index (χ1n) is 9.30. The Labute approximate surface area is 156 Å². The molecule has 4 rings (SSSR count). The quantitative estimate of drug-likeness (QED) is 0.842. The number of hydrogen-bond donors (Lipinski definition) is 2. The third kappa shape index (κ3) is 3.26. The summed E-state index contributed by atoms with van der Waals surface area (Å²) >= 11 is 0. The summed E-state index contributed by atoms with van der Waals surface area (Å²) in [5, 5.41) is 6.88. The Hall–Kier alpha value is -1.26. The largest absolute Gasteiger partial charge is 0.487 e. The van der Waals surface area contributed by atoms with Crippen LogP contribution in [0, 0.1) is 11.3 Å². The first kappa shape index (κ1) is 18.5. The van der Waals surface area contributed by atoms with Crippen LogP contribution in [-0.4, -0.2) is 24.6 Å². The lowest BCUT2D eigenvalue weighted by Gasteiger charge is -2.41. The molecule has 25 heavy (non-hydrogen) atoms. The first-order chi connectivity index (χ1) is 11.5.